The highest BCUT2D eigenvalue weighted by Crippen LogP contribution is 2.20. The first-order valence-electron chi connectivity index (χ1n) is 17.7. The fourth-order valence-corrected chi connectivity index (χ4v) is 5.93. The van der Waals surface area contributed by atoms with E-state index in [1.54, 1.807) is 72.8 Å². The summed E-state index contributed by atoms with van der Waals surface area (Å²) in [6, 6.07) is 41.0. The van der Waals surface area contributed by atoms with Gasteiger partial charge in [0.15, 0.2) is 0 Å². The molecule has 21 heteroatoms. The number of hydrogen-bond donors (Lipinski definition) is 0. The lowest BCUT2D eigenvalue weighted by atomic mass is 10.3. The minimum Gasteiger partial charge on any atom is -0.436 e. The molecule has 0 fully saturated rings. The Hall–Kier alpha value is -4.43. The largest absolute Gasteiger partial charge is 0.436 e. The van der Waals surface area contributed by atoms with Crippen molar-refractivity contribution in [2.45, 2.75) is 20.8 Å². The molecule has 0 spiro atoms. The minimum absolute atomic E-state index is 0.0196. The van der Waals surface area contributed by atoms with Gasteiger partial charge in [0.25, 0.3) is 14.7 Å². The maximum Gasteiger partial charge on any atom is 0.409 e. The third-order valence-electron chi connectivity index (χ3n) is 5.80. The van der Waals surface area contributed by atoms with Crippen LogP contribution in [0.5, 0.6) is 28.7 Å². The van der Waals surface area contributed by atoms with Crippen molar-refractivity contribution in [1.29, 1.82) is 0 Å². The molecule has 5 aromatic carbocycles. The maximum absolute atomic E-state index is 11.0. The topological polar surface area (TPSA) is 158 Å². The van der Waals surface area contributed by atoms with E-state index in [-0.39, 0.29) is 19.2 Å². The summed E-state index contributed by atoms with van der Waals surface area (Å²) in [6.07, 6.45) is 0. The van der Waals surface area contributed by atoms with Gasteiger partial charge in [0.1, 0.15) is 28.7 Å². The number of non-ortho nitro benzene ring substituents is 1. The van der Waals surface area contributed by atoms with Gasteiger partial charge in [-0.05, 0) is 132 Å². The third kappa shape index (κ3) is 35.7. The first kappa shape index (κ1) is 58.6. The van der Waals surface area contributed by atoms with Crippen LogP contribution >= 0.6 is 106 Å². The van der Waals surface area contributed by atoms with Crippen LogP contribution in [0.3, 0.4) is 0 Å². The van der Waals surface area contributed by atoms with Crippen molar-refractivity contribution in [3.8, 4) is 28.7 Å². The van der Waals surface area contributed by atoms with Crippen LogP contribution in [0.15, 0.2) is 146 Å². The van der Waals surface area contributed by atoms with Gasteiger partial charge in [0, 0.05) is 41.1 Å². The second-order valence-electron chi connectivity index (χ2n) is 10.3. The highest BCUT2D eigenvalue weighted by Gasteiger charge is 2.07. The quantitative estimate of drug-likeness (QED) is 0.0451. The number of nitrogens with zero attached hydrogens (tertiary/aromatic N) is 1. The molecule has 0 N–H and O–H groups in total. The lowest BCUT2D eigenvalue weighted by molar-refractivity contribution is -0.384. The fraction of sp³-hybridized carbons (Fsp3) is 0.143. The van der Waals surface area contributed by atoms with Crippen molar-refractivity contribution in [3.63, 3.8) is 0 Å². The van der Waals surface area contributed by atoms with E-state index < -0.39 is 21.1 Å². The van der Waals surface area contributed by atoms with Gasteiger partial charge < -0.3 is 23.7 Å². The number of para-hydroxylation sites is 4. The number of benzene rings is 5. The maximum atomic E-state index is 11.0. The molecule has 0 aliphatic carbocycles. The Bertz CT molecular complexity index is 1870. The predicted octanol–water partition coefficient (Wildman–Crippen LogP) is 15.5. The van der Waals surface area contributed by atoms with Crippen molar-refractivity contribution in [1.82, 2.24) is 0 Å². The summed E-state index contributed by atoms with van der Waals surface area (Å²) in [7, 11) is 0. The fourth-order valence-electron chi connectivity index (χ4n) is 3.48. The number of ether oxygens (including phenoxy) is 5. The normalized spacial score (nSPS) is 9.13. The molecular formula is C42H39Cl4NO11S5. The number of thiocarbonyl (C=S) groups is 2. The Labute approximate surface area is 408 Å². The van der Waals surface area contributed by atoms with Gasteiger partial charge >= 0.3 is 16.2 Å². The smallest absolute Gasteiger partial charge is 0.409 e. The van der Waals surface area contributed by atoms with E-state index in [1.165, 1.54) is 47.8 Å². The molecule has 0 aliphatic heterocycles. The van der Waals surface area contributed by atoms with Crippen LogP contribution in [0.1, 0.15) is 20.8 Å². The van der Waals surface area contributed by atoms with Gasteiger partial charge in [0.05, 0.1) is 4.92 Å². The van der Waals surface area contributed by atoms with Crippen LogP contribution in [0, 0.1) is 10.1 Å². The van der Waals surface area contributed by atoms with E-state index in [1.807, 2.05) is 69.3 Å². The lowest BCUT2D eigenvalue weighted by Crippen LogP contribution is -2.00. The van der Waals surface area contributed by atoms with Crippen LogP contribution in [-0.2, 0) is 0 Å². The average molecular weight is 1040 g/mol. The molecule has 5 rings (SSSR count). The number of halogens is 4. The zero-order valence-electron chi connectivity index (χ0n) is 33.5. The summed E-state index contributed by atoms with van der Waals surface area (Å²) in [5.74, 6) is 4.99. The van der Waals surface area contributed by atoms with E-state index in [9.17, 15) is 29.3 Å². The molecule has 0 saturated heterocycles. The Kier molecular flexibility index (Phi) is 35.4. The van der Waals surface area contributed by atoms with Crippen LogP contribution in [0.2, 0.25) is 0 Å². The number of hydrogen-bond acceptors (Lipinski definition) is 16. The van der Waals surface area contributed by atoms with E-state index in [0.717, 1.165) is 23.3 Å². The standard InChI is InChI=1S/C9H9NO4S.2C7H5ClO2.2C7H5ClOS.C5H10OS2/c1-2-15-9(11)14-8-5-3-7(4-6-8)10(12)13;2*8-7(9)10-6-4-2-1-3-5-6;2*8-7(10)9-6-4-2-1-3-5-6;1-3-7-5(6)8-4-2/h3-6H,2H2,1H3;4*1-5H;3-4H2,1-2H3. The van der Waals surface area contributed by atoms with Crippen molar-refractivity contribution in [3.05, 3.63) is 156 Å². The molecule has 0 saturated carbocycles. The number of rotatable bonds is 9. The Balaban J connectivity index is 0.000000741. The monoisotopic (exact) mass is 1030 g/mol. The molecule has 5 aromatic rings. The lowest BCUT2D eigenvalue weighted by Gasteiger charge is -2.01. The molecule has 0 aliphatic rings. The third-order valence-corrected chi connectivity index (χ3v) is 8.64. The Morgan fingerprint density at radius 1 is 0.476 bits per heavy atom. The highest BCUT2D eigenvalue weighted by molar-refractivity contribution is 8.38. The zero-order valence-corrected chi connectivity index (χ0v) is 40.6. The summed E-state index contributed by atoms with van der Waals surface area (Å²) in [4.78, 5) is 51.7. The van der Waals surface area contributed by atoms with Crippen molar-refractivity contribution in [2.75, 3.05) is 17.3 Å². The molecule has 12 nitrogen and oxygen atoms in total. The van der Waals surface area contributed by atoms with Crippen LogP contribution in [0.25, 0.3) is 0 Å². The number of nitro benzene ring substituents is 1. The van der Waals surface area contributed by atoms with Crippen LogP contribution in [0.4, 0.5) is 24.9 Å². The molecule has 0 heterocycles. The summed E-state index contributed by atoms with van der Waals surface area (Å²) in [5, 5.41) is 9.92. The average Bonchev–Trinajstić information content (AvgIpc) is 3.23. The highest BCUT2D eigenvalue weighted by atomic mass is 35.5. The molecule has 336 valence electrons. The first-order valence-corrected chi connectivity index (χ1v) is 23.0. The van der Waals surface area contributed by atoms with Gasteiger partial charge in [-0.1, -0.05) is 117 Å². The van der Waals surface area contributed by atoms with Crippen molar-refractivity contribution < 1.29 is 47.8 Å². The van der Waals surface area contributed by atoms with E-state index in [4.69, 9.17) is 60.6 Å². The molecule has 0 amide bonds. The number of carbonyl (C=O) groups is 4. The van der Waals surface area contributed by atoms with Crippen molar-refractivity contribution in [2.24, 2.45) is 0 Å². The zero-order chi connectivity index (χ0) is 47.3. The summed E-state index contributed by atoms with van der Waals surface area (Å²) in [5.41, 5.74) is -1.66. The van der Waals surface area contributed by atoms with E-state index in [0.29, 0.717) is 34.5 Å². The summed E-state index contributed by atoms with van der Waals surface area (Å²) >= 11 is 33.4. The van der Waals surface area contributed by atoms with Crippen LogP contribution in [-0.4, -0.2) is 51.8 Å². The van der Waals surface area contributed by atoms with Gasteiger partial charge in [-0.25, -0.2) is 14.4 Å². The first-order chi connectivity index (χ1) is 30.1. The Morgan fingerprint density at radius 2 is 0.762 bits per heavy atom. The van der Waals surface area contributed by atoms with E-state index >= 15 is 0 Å². The minimum atomic E-state index is -0.814. The molecule has 0 bridgehead atoms. The summed E-state index contributed by atoms with van der Waals surface area (Å²) in [6.45, 7) is 5.80. The molecule has 0 radical (unpaired) electrons. The predicted molar refractivity (Wildman–Crippen MR) is 267 cm³/mol. The molecule has 0 atom stereocenters. The van der Waals surface area contributed by atoms with E-state index in [2.05, 4.69) is 33.9 Å². The summed E-state index contributed by atoms with van der Waals surface area (Å²) < 4.78 is 24.1. The SMILES string of the molecule is CCSC(=O)Oc1ccc([N+](=O)[O-])cc1.CCSC(=O)SCC.O=C(Cl)Oc1ccccc1.O=C(Cl)Oc1ccccc1.S=C(Cl)Oc1ccccc1.S=C(Cl)Oc1ccccc1. The van der Waals surface area contributed by atoms with Gasteiger partial charge in [0.2, 0.25) is 4.45 Å². The van der Waals surface area contributed by atoms with Gasteiger partial charge in [-0.3, -0.25) is 14.9 Å². The second kappa shape index (κ2) is 38.1. The Morgan fingerprint density at radius 3 is 1.02 bits per heavy atom. The number of thioether (sulfide) groups is 3. The van der Waals surface area contributed by atoms with Gasteiger partial charge in [-0.15, -0.1) is 0 Å². The van der Waals surface area contributed by atoms with Crippen LogP contribution < -0.4 is 23.7 Å². The molecular weight excluding hydrogens is 997 g/mol. The second-order valence-corrected chi connectivity index (χ2v) is 16.7. The molecule has 0 unspecified atom stereocenters. The number of nitro groups is 1. The number of carbonyl (C=O) groups excluding carboxylic acids is 4. The van der Waals surface area contributed by atoms with Gasteiger partial charge in [-0.2, -0.15) is 0 Å². The molecule has 0 aromatic heterocycles. The molecule has 63 heavy (non-hydrogen) atoms. The van der Waals surface area contributed by atoms with Crippen molar-refractivity contribution >= 4 is 141 Å².